The third-order valence-electron chi connectivity index (χ3n) is 3.98. The molecule has 0 saturated carbocycles. The Balaban J connectivity index is 2.00. The Morgan fingerprint density at radius 1 is 1.40 bits per heavy atom. The smallest absolute Gasteiger partial charge is 0.243 e. The predicted octanol–water partition coefficient (Wildman–Crippen LogP) is 0.943. The predicted molar refractivity (Wildman–Crippen MR) is 98.5 cm³/mol. The number of rotatable bonds is 7. The average molecular weight is 390 g/mol. The summed E-state index contributed by atoms with van der Waals surface area (Å²) < 4.78 is 30.7. The van der Waals surface area contributed by atoms with Gasteiger partial charge in [0.05, 0.1) is 25.2 Å². The van der Waals surface area contributed by atoms with E-state index in [9.17, 15) is 13.2 Å². The van der Waals surface area contributed by atoms with E-state index in [1.54, 1.807) is 25.1 Å². The lowest BCUT2D eigenvalue weighted by Crippen LogP contribution is -2.49. The summed E-state index contributed by atoms with van der Waals surface area (Å²) in [4.78, 5) is 14.6. The summed E-state index contributed by atoms with van der Waals surface area (Å²) in [5.74, 6) is -0.348. The maximum Gasteiger partial charge on any atom is 0.243 e. The lowest BCUT2D eigenvalue weighted by molar-refractivity contribution is -0.121. The van der Waals surface area contributed by atoms with E-state index in [0.29, 0.717) is 37.0 Å². The minimum absolute atomic E-state index is 0.348. The lowest BCUT2D eigenvalue weighted by Gasteiger charge is -2.29. The Labute approximate surface area is 153 Å². The first-order chi connectivity index (χ1) is 11.8. The monoisotopic (exact) mass is 389 g/mol. The highest BCUT2D eigenvalue weighted by molar-refractivity contribution is 7.92. The van der Waals surface area contributed by atoms with Crippen molar-refractivity contribution < 1.29 is 17.9 Å². The van der Waals surface area contributed by atoms with Crippen molar-refractivity contribution in [2.24, 2.45) is 0 Å². The van der Waals surface area contributed by atoms with Crippen LogP contribution in [0.2, 0.25) is 5.02 Å². The number of halogens is 1. The van der Waals surface area contributed by atoms with E-state index in [2.05, 4.69) is 10.2 Å². The van der Waals surface area contributed by atoms with Crippen LogP contribution < -0.4 is 9.62 Å². The van der Waals surface area contributed by atoms with Crippen molar-refractivity contribution in [1.82, 2.24) is 10.2 Å². The van der Waals surface area contributed by atoms with Gasteiger partial charge in [0, 0.05) is 31.2 Å². The number of anilines is 1. The first-order valence-corrected chi connectivity index (χ1v) is 10.3. The van der Waals surface area contributed by atoms with Gasteiger partial charge in [0.15, 0.2) is 0 Å². The van der Waals surface area contributed by atoms with Crippen LogP contribution in [0.1, 0.15) is 6.92 Å². The third kappa shape index (κ3) is 5.85. The van der Waals surface area contributed by atoms with Gasteiger partial charge >= 0.3 is 0 Å². The first-order valence-electron chi connectivity index (χ1n) is 8.12. The third-order valence-corrected chi connectivity index (χ3v) is 5.46. The van der Waals surface area contributed by atoms with Crippen molar-refractivity contribution in [3.63, 3.8) is 0 Å². The van der Waals surface area contributed by atoms with E-state index >= 15 is 0 Å². The van der Waals surface area contributed by atoms with Gasteiger partial charge in [-0.3, -0.25) is 14.0 Å². The van der Waals surface area contributed by atoms with Gasteiger partial charge in [0.2, 0.25) is 15.9 Å². The van der Waals surface area contributed by atoms with Crippen molar-refractivity contribution in [3.05, 3.63) is 29.3 Å². The molecular weight excluding hydrogens is 366 g/mol. The molecule has 0 unspecified atom stereocenters. The summed E-state index contributed by atoms with van der Waals surface area (Å²) in [7, 11) is -3.64. The second kappa shape index (κ2) is 8.84. The molecule has 1 fully saturated rings. The normalized spacial score (nSPS) is 17.1. The van der Waals surface area contributed by atoms with Crippen LogP contribution in [0.3, 0.4) is 0 Å². The van der Waals surface area contributed by atoms with Crippen molar-refractivity contribution >= 4 is 33.2 Å². The van der Waals surface area contributed by atoms with E-state index in [-0.39, 0.29) is 5.91 Å². The topological polar surface area (TPSA) is 79.0 Å². The van der Waals surface area contributed by atoms with Crippen LogP contribution in [0, 0.1) is 0 Å². The molecule has 1 saturated heterocycles. The number of sulfonamides is 1. The number of benzene rings is 1. The van der Waals surface area contributed by atoms with Crippen LogP contribution >= 0.6 is 11.6 Å². The molecule has 0 aromatic heterocycles. The highest BCUT2D eigenvalue weighted by atomic mass is 35.5. The van der Waals surface area contributed by atoms with Crippen LogP contribution in [0.5, 0.6) is 0 Å². The van der Waals surface area contributed by atoms with Gasteiger partial charge < -0.3 is 10.1 Å². The fraction of sp³-hybridized carbons (Fsp3) is 0.562. The number of hydrogen-bond acceptors (Lipinski definition) is 5. The molecule has 1 atom stereocenters. The zero-order valence-corrected chi connectivity index (χ0v) is 16.0. The van der Waals surface area contributed by atoms with Gasteiger partial charge in [-0.05, 0) is 25.1 Å². The largest absolute Gasteiger partial charge is 0.379 e. The van der Waals surface area contributed by atoms with Crippen molar-refractivity contribution in [2.75, 3.05) is 50.0 Å². The second-order valence-corrected chi connectivity index (χ2v) is 8.26. The number of nitrogens with zero attached hydrogens (tertiary/aromatic N) is 2. The minimum atomic E-state index is -3.64. The van der Waals surface area contributed by atoms with E-state index < -0.39 is 16.1 Å². The zero-order chi connectivity index (χ0) is 18.4. The number of nitrogens with one attached hydrogen (secondary N) is 1. The Kier molecular flexibility index (Phi) is 7.06. The molecular formula is C16H24ClN3O4S. The van der Waals surface area contributed by atoms with Crippen LogP contribution in [-0.2, 0) is 19.6 Å². The van der Waals surface area contributed by atoms with Crippen LogP contribution in [0.15, 0.2) is 24.3 Å². The molecule has 1 aliphatic rings. The lowest BCUT2D eigenvalue weighted by atomic mass is 10.2. The molecule has 9 heteroatoms. The highest BCUT2D eigenvalue weighted by Crippen LogP contribution is 2.24. The number of hydrogen-bond donors (Lipinski definition) is 1. The van der Waals surface area contributed by atoms with Gasteiger partial charge in [-0.1, -0.05) is 17.7 Å². The van der Waals surface area contributed by atoms with Gasteiger partial charge in [-0.15, -0.1) is 0 Å². The fourth-order valence-electron chi connectivity index (χ4n) is 2.73. The summed E-state index contributed by atoms with van der Waals surface area (Å²) in [6, 6.07) is 5.57. The van der Waals surface area contributed by atoms with Crippen LogP contribution in [-0.4, -0.2) is 70.9 Å². The van der Waals surface area contributed by atoms with E-state index in [4.69, 9.17) is 16.3 Å². The molecule has 1 heterocycles. The van der Waals surface area contributed by atoms with Gasteiger partial charge in [0.1, 0.15) is 6.04 Å². The molecule has 2 rings (SSSR count). The number of carbonyl (C=O) groups is 1. The SMILES string of the molecule is C[C@@H](C(=O)NCCN1CCOCC1)N(c1cccc(Cl)c1)S(C)(=O)=O. The molecule has 1 aromatic carbocycles. The Bertz CT molecular complexity index is 692. The molecule has 1 amide bonds. The molecule has 0 bridgehead atoms. The fourth-order valence-corrected chi connectivity index (χ4v) is 4.08. The summed E-state index contributed by atoms with van der Waals surface area (Å²) in [6.45, 7) is 5.79. The molecule has 25 heavy (non-hydrogen) atoms. The van der Waals surface area contributed by atoms with Crippen molar-refractivity contribution in [3.8, 4) is 0 Å². The van der Waals surface area contributed by atoms with E-state index in [1.165, 1.54) is 6.07 Å². The quantitative estimate of drug-likeness (QED) is 0.751. The van der Waals surface area contributed by atoms with E-state index in [1.807, 2.05) is 0 Å². The Morgan fingerprint density at radius 3 is 2.68 bits per heavy atom. The standard InChI is InChI=1S/C16H24ClN3O4S/c1-13(16(21)18-6-7-19-8-10-24-11-9-19)20(25(2,22)23)15-5-3-4-14(17)12-15/h3-5,12-13H,6-11H2,1-2H3,(H,18,21)/t13-/m0/s1. The number of amides is 1. The molecule has 1 aliphatic heterocycles. The molecule has 140 valence electrons. The molecule has 0 aliphatic carbocycles. The van der Waals surface area contributed by atoms with Gasteiger partial charge in [-0.2, -0.15) is 0 Å². The second-order valence-electron chi connectivity index (χ2n) is 5.96. The number of ether oxygens (including phenoxy) is 1. The summed E-state index contributed by atoms with van der Waals surface area (Å²) in [6.07, 6.45) is 1.07. The summed E-state index contributed by atoms with van der Waals surface area (Å²) in [5, 5.41) is 3.21. The van der Waals surface area contributed by atoms with Crippen molar-refractivity contribution in [2.45, 2.75) is 13.0 Å². The van der Waals surface area contributed by atoms with Crippen LogP contribution in [0.4, 0.5) is 5.69 Å². The number of carbonyl (C=O) groups excluding carboxylic acids is 1. The Hall–Kier alpha value is -1.35. The average Bonchev–Trinajstić information content (AvgIpc) is 2.54. The molecule has 1 N–H and O–H groups in total. The minimum Gasteiger partial charge on any atom is -0.379 e. The molecule has 0 spiro atoms. The first kappa shape index (κ1) is 20.0. The maximum atomic E-state index is 12.4. The summed E-state index contributed by atoms with van der Waals surface area (Å²) >= 11 is 5.96. The number of morpholine rings is 1. The van der Waals surface area contributed by atoms with Gasteiger partial charge in [-0.25, -0.2) is 8.42 Å². The molecule has 7 nitrogen and oxygen atoms in total. The van der Waals surface area contributed by atoms with E-state index in [0.717, 1.165) is 23.7 Å². The zero-order valence-electron chi connectivity index (χ0n) is 14.4. The van der Waals surface area contributed by atoms with Gasteiger partial charge in [0.25, 0.3) is 0 Å². The van der Waals surface area contributed by atoms with Crippen LogP contribution in [0.25, 0.3) is 0 Å². The molecule has 1 aromatic rings. The Morgan fingerprint density at radius 2 is 2.08 bits per heavy atom. The van der Waals surface area contributed by atoms with Crippen molar-refractivity contribution in [1.29, 1.82) is 0 Å². The highest BCUT2D eigenvalue weighted by Gasteiger charge is 2.29. The maximum absolute atomic E-state index is 12.4. The molecule has 0 radical (unpaired) electrons. The summed E-state index contributed by atoms with van der Waals surface area (Å²) in [5.41, 5.74) is 0.367.